The van der Waals surface area contributed by atoms with Crippen molar-refractivity contribution in [1.29, 1.82) is 0 Å². The fourth-order valence-corrected chi connectivity index (χ4v) is 4.26. The van der Waals surface area contributed by atoms with Crippen LogP contribution in [0, 0.1) is 17.3 Å². The summed E-state index contributed by atoms with van der Waals surface area (Å²) in [6, 6.07) is 0. The first-order valence-corrected chi connectivity index (χ1v) is 12.8. The summed E-state index contributed by atoms with van der Waals surface area (Å²) in [5, 5.41) is 0. The average Bonchev–Trinajstić information content (AvgIpc) is 2.60. The molecule has 0 atom stereocenters. The van der Waals surface area contributed by atoms with E-state index in [1.165, 1.54) is 77.0 Å². The zero-order valence-corrected chi connectivity index (χ0v) is 19.9. The molecule has 0 heterocycles. The van der Waals surface area contributed by atoms with Gasteiger partial charge in [0.05, 0.1) is 6.61 Å². The molecule has 0 amide bonds. The van der Waals surface area contributed by atoms with Crippen LogP contribution in [0.15, 0.2) is 0 Å². The van der Waals surface area contributed by atoms with E-state index in [0.717, 1.165) is 24.7 Å². The Morgan fingerprint density at radius 1 is 0.704 bits per heavy atom. The van der Waals surface area contributed by atoms with Gasteiger partial charge in [-0.2, -0.15) is 0 Å². The molecule has 0 saturated heterocycles. The maximum absolute atomic E-state index is 8.84. The fourth-order valence-electron chi connectivity index (χ4n) is 3.97. The summed E-state index contributed by atoms with van der Waals surface area (Å²) in [4.78, 5) is 17.7. The fraction of sp³-hybridized carbons (Fsp3) is 1.00. The third kappa shape index (κ3) is 16.9. The Bertz CT molecular complexity index is 307. The van der Waals surface area contributed by atoms with Crippen LogP contribution < -0.4 is 0 Å². The first kappa shape index (κ1) is 27.3. The molecule has 164 valence electrons. The second kappa shape index (κ2) is 17.2. The minimum atomic E-state index is -2.18. The summed E-state index contributed by atoms with van der Waals surface area (Å²) in [5.74, 6) is 1.57. The van der Waals surface area contributed by atoms with Crippen molar-refractivity contribution in [2.24, 2.45) is 17.3 Å². The summed E-state index contributed by atoms with van der Waals surface area (Å²) in [6.07, 6.45) is 18.3. The third-order valence-electron chi connectivity index (χ3n) is 5.87. The molecule has 0 fully saturated rings. The number of hydrogen-bond acceptors (Lipinski definition) is 3. The second-order valence-electron chi connectivity index (χ2n) is 9.43. The third-order valence-corrected chi connectivity index (χ3v) is 6.29. The summed E-state index contributed by atoms with van der Waals surface area (Å²) >= 11 is 0. The summed E-state index contributed by atoms with van der Waals surface area (Å²) in [5.41, 5.74) is 0.516. The van der Waals surface area contributed by atoms with Gasteiger partial charge in [0.15, 0.2) is 0 Å². The molecule has 3 nitrogen and oxygen atoms in total. The van der Waals surface area contributed by atoms with E-state index in [1.54, 1.807) is 0 Å². The molecule has 0 aromatic rings. The van der Waals surface area contributed by atoms with E-state index < -0.39 is 8.60 Å². The van der Waals surface area contributed by atoms with Crippen molar-refractivity contribution >= 4 is 8.60 Å². The minimum Gasteiger partial charge on any atom is -0.328 e. The molecule has 0 aromatic carbocycles. The molecule has 27 heavy (non-hydrogen) atoms. The maximum Gasteiger partial charge on any atom is 0.327 e. The van der Waals surface area contributed by atoms with Gasteiger partial charge in [-0.3, -0.25) is 0 Å². The van der Waals surface area contributed by atoms with Crippen molar-refractivity contribution in [3.63, 3.8) is 0 Å². The number of unbranched alkanes of at least 4 members (excludes halogenated alkanes) is 6. The van der Waals surface area contributed by atoms with Crippen molar-refractivity contribution in [3.8, 4) is 0 Å². The highest BCUT2D eigenvalue weighted by Crippen LogP contribution is 2.42. The predicted molar refractivity (Wildman–Crippen MR) is 120 cm³/mol. The molecule has 2 N–H and O–H groups in total. The normalized spacial score (nSPS) is 12.7. The van der Waals surface area contributed by atoms with Gasteiger partial charge in [-0.05, 0) is 49.4 Å². The monoisotopic (exact) mass is 404 g/mol. The molecular formula is C23H49O3P. The lowest BCUT2D eigenvalue weighted by Crippen LogP contribution is -2.23. The molecule has 4 heteroatoms. The second-order valence-corrected chi connectivity index (χ2v) is 10.2. The van der Waals surface area contributed by atoms with Gasteiger partial charge in [-0.25, -0.2) is 0 Å². The van der Waals surface area contributed by atoms with Gasteiger partial charge < -0.3 is 14.3 Å². The molecule has 0 radical (unpaired) electrons. The van der Waals surface area contributed by atoms with Crippen LogP contribution in [0.5, 0.6) is 0 Å². The van der Waals surface area contributed by atoms with Crippen LogP contribution in [0.4, 0.5) is 0 Å². The summed E-state index contributed by atoms with van der Waals surface area (Å²) < 4.78 is 4.91. The van der Waals surface area contributed by atoms with Crippen LogP contribution in [-0.4, -0.2) is 16.4 Å². The van der Waals surface area contributed by atoms with Crippen molar-refractivity contribution in [2.45, 2.75) is 125 Å². The van der Waals surface area contributed by atoms with Gasteiger partial charge in [0, 0.05) is 0 Å². The number of hydrogen-bond donors (Lipinski definition) is 2. The molecule has 0 aliphatic carbocycles. The smallest absolute Gasteiger partial charge is 0.327 e. The van der Waals surface area contributed by atoms with Crippen LogP contribution in [0.2, 0.25) is 0 Å². The van der Waals surface area contributed by atoms with E-state index in [9.17, 15) is 0 Å². The predicted octanol–water partition coefficient (Wildman–Crippen LogP) is 7.99. The topological polar surface area (TPSA) is 49.7 Å². The Balaban J connectivity index is 4.64. The maximum atomic E-state index is 8.84. The largest absolute Gasteiger partial charge is 0.328 e. The lowest BCUT2D eigenvalue weighted by molar-refractivity contribution is 0.158. The van der Waals surface area contributed by atoms with E-state index in [2.05, 4.69) is 34.6 Å². The number of rotatable bonds is 19. The molecule has 0 aliphatic rings. The zero-order chi connectivity index (χ0) is 20.5. The molecule has 0 rings (SSSR count). The van der Waals surface area contributed by atoms with Crippen molar-refractivity contribution in [2.75, 3.05) is 6.61 Å². The van der Waals surface area contributed by atoms with E-state index in [1.807, 2.05) is 0 Å². The van der Waals surface area contributed by atoms with Crippen LogP contribution >= 0.6 is 8.60 Å². The standard InChI is InChI=1S/C23H49O3P/c1-6-7-8-9-11-16-23(18-14-21(2)3,19-15-22(4)5)17-12-10-13-20-26-27(24)25/h21-22,24-25H,6-20H2,1-5H3. The highest BCUT2D eigenvalue weighted by molar-refractivity contribution is 7.39. The molecule has 0 saturated carbocycles. The van der Waals surface area contributed by atoms with Gasteiger partial charge >= 0.3 is 8.60 Å². The zero-order valence-electron chi connectivity index (χ0n) is 19.0. The Hall–Kier alpha value is 0.310. The first-order valence-electron chi connectivity index (χ1n) is 11.6. The minimum absolute atomic E-state index is 0.473. The van der Waals surface area contributed by atoms with Gasteiger partial charge in [-0.1, -0.05) is 92.4 Å². The van der Waals surface area contributed by atoms with Crippen LogP contribution in [0.1, 0.15) is 125 Å². The Kier molecular flexibility index (Phi) is 17.4. The SMILES string of the molecule is CCCCCCCC(CCCCCOP(O)O)(CCC(C)C)CCC(C)C. The van der Waals surface area contributed by atoms with Gasteiger partial charge in [0.2, 0.25) is 0 Å². The summed E-state index contributed by atoms with van der Waals surface area (Å²) in [7, 11) is -2.18. The molecule has 0 unspecified atom stereocenters. The van der Waals surface area contributed by atoms with Crippen molar-refractivity contribution in [3.05, 3.63) is 0 Å². The van der Waals surface area contributed by atoms with Gasteiger partial charge in [-0.15, -0.1) is 0 Å². The van der Waals surface area contributed by atoms with Crippen molar-refractivity contribution < 1.29 is 14.3 Å². The van der Waals surface area contributed by atoms with Crippen LogP contribution in [-0.2, 0) is 4.52 Å². The van der Waals surface area contributed by atoms with Gasteiger partial charge in [0.1, 0.15) is 0 Å². The molecule has 0 aliphatic heterocycles. The van der Waals surface area contributed by atoms with E-state index in [0.29, 0.717) is 12.0 Å². The van der Waals surface area contributed by atoms with E-state index in [-0.39, 0.29) is 0 Å². The van der Waals surface area contributed by atoms with E-state index >= 15 is 0 Å². The lowest BCUT2D eigenvalue weighted by atomic mass is 9.69. The molecule has 0 spiro atoms. The Labute approximate surface area is 171 Å². The lowest BCUT2D eigenvalue weighted by Gasteiger charge is -2.36. The highest BCUT2D eigenvalue weighted by Gasteiger charge is 2.29. The average molecular weight is 405 g/mol. The van der Waals surface area contributed by atoms with Gasteiger partial charge in [0.25, 0.3) is 0 Å². The molecule has 0 bridgehead atoms. The summed E-state index contributed by atoms with van der Waals surface area (Å²) in [6.45, 7) is 12.2. The van der Waals surface area contributed by atoms with E-state index in [4.69, 9.17) is 14.3 Å². The highest BCUT2D eigenvalue weighted by atomic mass is 31.2. The molecular weight excluding hydrogens is 355 g/mol. The van der Waals surface area contributed by atoms with Crippen LogP contribution in [0.25, 0.3) is 0 Å². The quantitative estimate of drug-likeness (QED) is 0.169. The first-order chi connectivity index (χ1) is 12.8. The Morgan fingerprint density at radius 2 is 1.19 bits per heavy atom. The van der Waals surface area contributed by atoms with Crippen LogP contribution in [0.3, 0.4) is 0 Å². The molecule has 0 aromatic heterocycles. The van der Waals surface area contributed by atoms with Crippen molar-refractivity contribution in [1.82, 2.24) is 0 Å². The Morgan fingerprint density at radius 3 is 1.63 bits per heavy atom.